The molecule has 0 aliphatic rings. The number of nitrogens with one attached hydrogen (secondary N) is 2. The Hall–Kier alpha value is -1.89. The van der Waals surface area contributed by atoms with Gasteiger partial charge in [0.05, 0.1) is 17.9 Å². The highest BCUT2D eigenvalue weighted by molar-refractivity contribution is 7.07. The summed E-state index contributed by atoms with van der Waals surface area (Å²) in [6.07, 6.45) is 0. The third-order valence-electron chi connectivity index (χ3n) is 2.15. The molecule has 0 bridgehead atoms. The molecule has 4 N–H and O–H groups in total. The van der Waals surface area contributed by atoms with Gasteiger partial charge in [0.25, 0.3) is 0 Å². The molecule has 2 aromatic rings. The highest BCUT2D eigenvalue weighted by atomic mass is 32.1. The van der Waals surface area contributed by atoms with Crippen molar-refractivity contribution in [1.29, 1.82) is 0 Å². The van der Waals surface area contributed by atoms with Crippen molar-refractivity contribution in [2.24, 2.45) is 0 Å². The number of hydrogen-bond acceptors (Lipinski definition) is 4. The Kier molecular flexibility index (Phi) is 3.10. The fourth-order valence-electron chi connectivity index (χ4n) is 1.33. The Labute approximate surface area is 99.1 Å². The number of rotatable bonds is 3. The summed E-state index contributed by atoms with van der Waals surface area (Å²) < 4.78 is 26.3. The molecular weight excluding hydrogens is 248 g/mol. The molecule has 0 unspecified atom stereocenters. The van der Waals surface area contributed by atoms with Gasteiger partial charge in [-0.05, 0) is 12.1 Å². The van der Waals surface area contributed by atoms with Gasteiger partial charge in [0, 0.05) is 11.1 Å². The number of nitrogens with two attached hydrogens (primary N) is 1. The van der Waals surface area contributed by atoms with Gasteiger partial charge in [-0.3, -0.25) is 4.79 Å². The van der Waals surface area contributed by atoms with Crippen LogP contribution in [0.4, 0.5) is 20.2 Å². The molecule has 2 rings (SSSR count). The summed E-state index contributed by atoms with van der Waals surface area (Å²) in [6, 6.07) is 2.24. The van der Waals surface area contributed by atoms with E-state index in [9.17, 15) is 13.6 Å². The maximum absolute atomic E-state index is 13.4. The minimum Gasteiger partial charge on any atom is -0.397 e. The Bertz CT molecular complexity index is 593. The molecule has 1 aromatic carbocycles. The zero-order chi connectivity index (χ0) is 12.4. The summed E-state index contributed by atoms with van der Waals surface area (Å²) in [5, 5.41) is 4.25. The van der Waals surface area contributed by atoms with E-state index >= 15 is 0 Å². The number of hydrogen-bond donors (Lipinski definition) is 3. The summed E-state index contributed by atoms with van der Waals surface area (Å²) in [5.41, 5.74) is 6.12. The predicted octanol–water partition coefficient (Wildman–Crippen LogP) is 1.91. The van der Waals surface area contributed by atoms with E-state index in [0.717, 1.165) is 17.4 Å². The average molecular weight is 257 g/mol. The lowest BCUT2D eigenvalue weighted by molar-refractivity contribution is 0.511. The largest absolute Gasteiger partial charge is 0.397 e. The molecule has 0 aliphatic heterocycles. The molecule has 90 valence electrons. The lowest BCUT2D eigenvalue weighted by Crippen LogP contribution is -2.07. The molecule has 0 amide bonds. The van der Waals surface area contributed by atoms with Gasteiger partial charge in [-0.25, -0.2) is 8.78 Å². The van der Waals surface area contributed by atoms with Crippen LogP contribution in [0.1, 0.15) is 5.69 Å². The zero-order valence-electron chi connectivity index (χ0n) is 8.59. The molecule has 17 heavy (non-hydrogen) atoms. The van der Waals surface area contributed by atoms with Crippen molar-refractivity contribution in [1.82, 2.24) is 4.98 Å². The number of halogens is 2. The number of H-pyrrole nitrogens is 1. The lowest BCUT2D eigenvalue weighted by atomic mass is 10.2. The summed E-state index contributed by atoms with van der Waals surface area (Å²) in [5.74, 6) is -2.00. The number of aromatic amines is 1. The van der Waals surface area contributed by atoms with Crippen molar-refractivity contribution in [2.45, 2.75) is 6.54 Å². The Morgan fingerprint density at radius 3 is 2.82 bits per heavy atom. The van der Waals surface area contributed by atoms with Gasteiger partial charge in [0.1, 0.15) is 0 Å². The molecule has 1 heterocycles. The van der Waals surface area contributed by atoms with Crippen LogP contribution in [0.2, 0.25) is 0 Å². The van der Waals surface area contributed by atoms with Crippen LogP contribution in [0.25, 0.3) is 0 Å². The fourth-order valence-corrected chi connectivity index (χ4v) is 1.91. The van der Waals surface area contributed by atoms with E-state index in [0.29, 0.717) is 5.69 Å². The van der Waals surface area contributed by atoms with Crippen LogP contribution in [0, 0.1) is 11.6 Å². The van der Waals surface area contributed by atoms with E-state index in [1.54, 1.807) is 5.38 Å². The average Bonchev–Trinajstić information content (AvgIpc) is 2.70. The van der Waals surface area contributed by atoms with Crippen LogP contribution in [-0.4, -0.2) is 4.98 Å². The first-order valence-corrected chi connectivity index (χ1v) is 5.60. The van der Waals surface area contributed by atoms with Gasteiger partial charge in [-0.1, -0.05) is 11.3 Å². The molecule has 4 nitrogen and oxygen atoms in total. The van der Waals surface area contributed by atoms with E-state index < -0.39 is 11.6 Å². The monoisotopic (exact) mass is 257 g/mol. The molecule has 0 fully saturated rings. The second-order valence-corrected chi connectivity index (χ2v) is 4.19. The molecule has 0 aliphatic carbocycles. The number of thiazole rings is 1. The molecule has 0 radical (unpaired) electrons. The third-order valence-corrected chi connectivity index (χ3v) is 2.87. The summed E-state index contributed by atoms with van der Waals surface area (Å²) >= 11 is 1.00. The summed E-state index contributed by atoms with van der Waals surface area (Å²) in [4.78, 5) is 13.2. The van der Waals surface area contributed by atoms with E-state index in [2.05, 4.69) is 10.3 Å². The normalized spacial score (nSPS) is 10.5. The SMILES string of the molecule is Nc1ccc(F)c(F)c1NCc1csc(=O)[nH]1. The quantitative estimate of drug-likeness (QED) is 0.735. The topological polar surface area (TPSA) is 70.9 Å². The van der Waals surface area contributed by atoms with Gasteiger partial charge >= 0.3 is 4.87 Å². The Morgan fingerprint density at radius 2 is 2.18 bits per heavy atom. The molecular formula is C10H9F2N3OS. The lowest BCUT2D eigenvalue weighted by Gasteiger charge is -2.09. The van der Waals surface area contributed by atoms with Crippen LogP contribution in [0.5, 0.6) is 0 Å². The van der Waals surface area contributed by atoms with Crippen LogP contribution < -0.4 is 15.9 Å². The minimum atomic E-state index is -1.03. The van der Waals surface area contributed by atoms with Gasteiger partial charge < -0.3 is 16.0 Å². The van der Waals surface area contributed by atoms with E-state index in [1.165, 1.54) is 6.07 Å². The van der Waals surface area contributed by atoms with Gasteiger partial charge in [-0.2, -0.15) is 0 Å². The maximum atomic E-state index is 13.4. The fraction of sp³-hybridized carbons (Fsp3) is 0.100. The van der Waals surface area contributed by atoms with E-state index in [1.807, 2.05) is 0 Å². The smallest absolute Gasteiger partial charge is 0.304 e. The molecule has 0 spiro atoms. The van der Waals surface area contributed by atoms with E-state index in [4.69, 9.17) is 5.73 Å². The number of anilines is 2. The Balaban J connectivity index is 2.19. The summed E-state index contributed by atoms with van der Waals surface area (Å²) in [7, 11) is 0. The minimum absolute atomic E-state index is 0.1000. The third kappa shape index (κ3) is 2.44. The predicted molar refractivity (Wildman–Crippen MR) is 63.0 cm³/mol. The highest BCUT2D eigenvalue weighted by Gasteiger charge is 2.11. The number of aromatic nitrogens is 1. The standard InChI is InChI=1S/C10H9F2N3OS/c11-6-1-2-7(13)9(8(6)12)14-3-5-4-17-10(16)15-5/h1-2,4,14H,3,13H2,(H,15,16). The first-order chi connectivity index (χ1) is 8.08. The molecule has 0 atom stereocenters. The Morgan fingerprint density at radius 1 is 1.41 bits per heavy atom. The zero-order valence-corrected chi connectivity index (χ0v) is 9.41. The summed E-state index contributed by atoms with van der Waals surface area (Å²) in [6.45, 7) is 0.170. The highest BCUT2D eigenvalue weighted by Crippen LogP contribution is 2.24. The number of benzene rings is 1. The van der Waals surface area contributed by atoms with Crippen molar-refractivity contribution in [3.05, 3.63) is 44.5 Å². The van der Waals surface area contributed by atoms with Crippen LogP contribution >= 0.6 is 11.3 Å². The first-order valence-electron chi connectivity index (χ1n) is 4.72. The molecule has 7 heteroatoms. The first kappa shape index (κ1) is 11.6. The molecule has 0 saturated heterocycles. The molecule has 1 aromatic heterocycles. The molecule has 0 saturated carbocycles. The maximum Gasteiger partial charge on any atom is 0.304 e. The van der Waals surface area contributed by atoms with Crippen molar-refractivity contribution >= 4 is 22.7 Å². The van der Waals surface area contributed by atoms with Crippen molar-refractivity contribution in [3.63, 3.8) is 0 Å². The van der Waals surface area contributed by atoms with Crippen molar-refractivity contribution in [2.75, 3.05) is 11.1 Å². The van der Waals surface area contributed by atoms with Crippen LogP contribution in [0.3, 0.4) is 0 Å². The number of nitrogen functional groups attached to an aromatic ring is 1. The van der Waals surface area contributed by atoms with Gasteiger partial charge in [-0.15, -0.1) is 0 Å². The van der Waals surface area contributed by atoms with E-state index in [-0.39, 0.29) is 22.8 Å². The van der Waals surface area contributed by atoms with Gasteiger partial charge in [0.2, 0.25) is 0 Å². The van der Waals surface area contributed by atoms with Crippen molar-refractivity contribution < 1.29 is 8.78 Å². The second-order valence-electron chi connectivity index (χ2n) is 3.35. The van der Waals surface area contributed by atoms with Crippen molar-refractivity contribution in [3.8, 4) is 0 Å². The van der Waals surface area contributed by atoms with Crippen LogP contribution in [-0.2, 0) is 6.54 Å². The second kappa shape index (κ2) is 4.54. The van der Waals surface area contributed by atoms with Crippen LogP contribution in [0.15, 0.2) is 22.3 Å². The van der Waals surface area contributed by atoms with Gasteiger partial charge in [0.15, 0.2) is 11.6 Å².